The molecule has 6 nitrogen and oxygen atoms in total. The number of nitrogen functional groups attached to an aromatic ring is 1. The van der Waals surface area contributed by atoms with Gasteiger partial charge in [0.15, 0.2) is 11.5 Å². The molecule has 0 saturated heterocycles. The number of para-hydroxylation sites is 2. The average Bonchev–Trinajstić information content (AvgIpc) is 2.37. The van der Waals surface area contributed by atoms with Crippen LogP contribution in [0.3, 0.4) is 0 Å². The average molecular weight is 232 g/mol. The highest BCUT2D eigenvalue weighted by Gasteiger charge is 2.16. The van der Waals surface area contributed by atoms with Gasteiger partial charge in [0, 0.05) is 0 Å². The van der Waals surface area contributed by atoms with Crippen LogP contribution in [0.15, 0.2) is 24.3 Å². The summed E-state index contributed by atoms with van der Waals surface area (Å²) in [6.45, 7) is 2.00. The van der Waals surface area contributed by atoms with Crippen LogP contribution in [0.2, 0.25) is 0 Å². The summed E-state index contributed by atoms with van der Waals surface area (Å²) in [7, 11) is 0. The second-order valence-electron chi connectivity index (χ2n) is 3.27. The highest BCUT2D eigenvalue weighted by Crippen LogP contribution is 2.16. The molecule has 0 saturated carbocycles. The maximum atomic E-state index is 11.6. The van der Waals surface area contributed by atoms with Crippen molar-refractivity contribution >= 4 is 22.8 Å². The van der Waals surface area contributed by atoms with Crippen LogP contribution in [0.25, 0.3) is 11.0 Å². The summed E-state index contributed by atoms with van der Waals surface area (Å²) in [4.78, 5) is 20.0. The van der Waals surface area contributed by atoms with Crippen molar-refractivity contribution in [2.45, 2.75) is 6.92 Å². The van der Waals surface area contributed by atoms with Gasteiger partial charge in [-0.05, 0) is 19.1 Å². The number of carbonyl (C=O) groups is 1. The topological polar surface area (TPSA) is 90.1 Å². The number of rotatable bonds is 3. The van der Waals surface area contributed by atoms with Crippen molar-refractivity contribution in [1.82, 2.24) is 9.97 Å². The first kappa shape index (κ1) is 11.3. The number of anilines is 1. The van der Waals surface area contributed by atoms with Crippen LogP contribution >= 0.6 is 0 Å². The lowest BCUT2D eigenvalue weighted by Crippen LogP contribution is -2.17. The number of nitrogens with two attached hydrogens (primary N) is 1. The lowest BCUT2D eigenvalue weighted by atomic mass is 10.3. The molecule has 0 unspecified atom stereocenters. The van der Waals surface area contributed by atoms with Gasteiger partial charge in [-0.25, -0.2) is 20.6 Å². The molecule has 6 heteroatoms. The fourth-order valence-corrected chi connectivity index (χ4v) is 1.44. The maximum Gasteiger partial charge on any atom is 0.360 e. The minimum Gasteiger partial charge on any atom is -0.461 e. The van der Waals surface area contributed by atoms with Crippen molar-refractivity contribution in [3.8, 4) is 0 Å². The number of carbonyl (C=O) groups excluding carboxylic acids is 1. The Hall–Kier alpha value is -2.21. The fraction of sp³-hybridized carbons (Fsp3) is 0.182. The highest BCUT2D eigenvalue weighted by molar-refractivity contribution is 5.95. The van der Waals surface area contributed by atoms with Gasteiger partial charge in [-0.2, -0.15) is 0 Å². The van der Waals surface area contributed by atoms with Crippen LogP contribution in [-0.4, -0.2) is 22.5 Å². The normalized spacial score (nSPS) is 10.2. The molecule has 17 heavy (non-hydrogen) atoms. The van der Waals surface area contributed by atoms with E-state index in [2.05, 4.69) is 15.4 Å². The lowest BCUT2D eigenvalue weighted by Gasteiger charge is -2.07. The molecule has 2 aromatic rings. The van der Waals surface area contributed by atoms with Crippen LogP contribution in [-0.2, 0) is 4.74 Å². The molecule has 0 aliphatic carbocycles. The number of fused-ring (bicyclic) bond motifs is 1. The minimum absolute atomic E-state index is 0.0908. The monoisotopic (exact) mass is 232 g/mol. The quantitative estimate of drug-likeness (QED) is 0.467. The van der Waals surface area contributed by atoms with Gasteiger partial charge in [0.2, 0.25) is 0 Å². The number of aromatic nitrogens is 2. The van der Waals surface area contributed by atoms with E-state index >= 15 is 0 Å². The molecular formula is C11H12N4O2. The van der Waals surface area contributed by atoms with E-state index in [1.54, 1.807) is 19.1 Å². The fourth-order valence-electron chi connectivity index (χ4n) is 1.44. The zero-order chi connectivity index (χ0) is 12.3. The van der Waals surface area contributed by atoms with E-state index in [1.165, 1.54) is 0 Å². The Morgan fingerprint density at radius 2 is 2.00 bits per heavy atom. The third-order valence-corrected chi connectivity index (χ3v) is 2.18. The Kier molecular flexibility index (Phi) is 3.15. The summed E-state index contributed by atoms with van der Waals surface area (Å²) in [6.07, 6.45) is 0. The molecule has 0 atom stereocenters. The molecule has 0 radical (unpaired) electrons. The number of hydrogen-bond donors (Lipinski definition) is 2. The first-order valence-electron chi connectivity index (χ1n) is 5.16. The van der Waals surface area contributed by atoms with Gasteiger partial charge >= 0.3 is 5.97 Å². The Labute approximate surface area is 97.8 Å². The first-order chi connectivity index (χ1) is 8.26. The van der Waals surface area contributed by atoms with E-state index < -0.39 is 5.97 Å². The first-order valence-corrected chi connectivity index (χ1v) is 5.16. The number of nitrogens with one attached hydrogen (secondary N) is 1. The molecule has 0 spiro atoms. The van der Waals surface area contributed by atoms with Gasteiger partial charge in [0.05, 0.1) is 17.6 Å². The van der Waals surface area contributed by atoms with Gasteiger partial charge in [-0.3, -0.25) is 0 Å². The third-order valence-electron chi connectivity index (χ3n) is 2.18. The van der Waals surface area contributed by atoms with Crippen molar-refractivity contribution in [3.05, 3.63) is 30.0 Å². The zero-order valence-electron chi connectivity index (χ0n) is 9.30. The highest BCUT2D eigenvalue weighted by atomic mass is 16.5. The molecule has 88 valence electrons. The second kappa shape index (κ2) is 4.75. The Balaban J connectivity index is 2.56. The maximum absolute atomic E-state index is 11.6. The number of hydrazine groups is 1. The number of benzene rings is 1. The smallest absolute Gasteiger partial charge is 0.360 e. The van der Waals surface area contributed by atoms with E-state index in [0.717, 1.165) is 0 Å². The summed E-state index contributed by atoms with van der Waals surface area (Å²) in [6, 6.07) is 7.21. The number of esters is 1. The van der Waals surface area contributed by atoms with Crippen LogP contribution in [0, 0.1) is 0 Å². The van der Waals surface area contributed by atoms with Gasteiger partial charge in [-0.1, -0.05) is 12.1 Å². The molecule has 0 bridgehead atoms. The van der Waals surface area contributed by atoms with E-state index in [4.69, 9.17) is 10.6 Å². The van der Waals surface area contributed by atoms with Gasteiger partial charge in [0.1, 0.15) is 0 Å². The predicted molar refractivity (Wildman–Crippen MR) is 63.3 cm³/mol. The van der Waals surface area contributed by atoms with E-state index in [-0.39, 0.29) is 18.1 Å². The van der Waals surface area contributed by atoms with Crippen LogP contribution < -0.4 is 11.3 Å². The summed E-state index contributed by atoms with van der Waals surface area (Å²) in [5, 5.41) is 0. The van der Waals surface area contributed by atoms with Crippen molar-refractivity contribution in [1.29, 1.82) is 0 Å². The van der Waals surface area contributed by atoms with Gasteiger partial charge in [-0.15, -0.1) is 0 Å². The lowest BCUT2D eigenvalue weighted by molar-refractivity contribution is 0.0521. The van der Waals surface area contributed by atoms with Crippen molar-refractivity contribution in [2.75, 3.05) is 12.0 Å². The molecule has 0 aliphatic rings. The summed E-state index contributed by atoms with van der Waals surface area (Å²) >= 11 is 0. The molecule has 2 rings (SSSR count). The predicted octanol–water partition coefficient (Wildman–Crippen LogP) is 1.09. The third kappa shape index (κ3) is 2.16. The molecule has 1 aromatic carbocycles. The van der Waals surface area contributed by atoms with E-state index in [0.29, 0.717) is 11.0 Å². The van der Waals surface area contributed by atoms with E-state index in [1.807, 2.05) is 12.1 Å². The molecule has 1 aromatic heterocycles. The summed E-state index contributed by atoms with van der Waals surface area (Å²) in [5.74, 6) is 4.98. The standard InChI is InChI=1S/C11H12N4O2/c1-2-17-11(16)9-10(15-12)14-8-6-4-3-5-7(8)13-9/h3-6H,2,12H2,1H3,(H,14,15). The number of nitrogens with zero attached hydrogens (tertiary/aromatic N) is 2. The van der Waals surface area contributed by atoms with Crippen molar-refractivity contribution in [3.63, 3.8) is 0 Å². The number of ether oxygens (including phenoxy) is 1. The van der Waals surface area contributed by atoms with Crippen LogP contribution in [0.5, 0.6) is 0 Å². The Morgan fingerprint density at radius 1 is 1.35 bits per heavy atom. The van der Waals surface area contributed by atoms with Gasteiger partial charge in [0.25, 0.3) is 0 Å². The van der Waals surface area contributed by atoms with E-state index in [9.17, 15) is 4.79 Å². The van der Waals surface area contributed by atoms with Gasteiger partial charge < -0.3 is 10.2 Å². The molecule has 3 N–H and O–H groups in total. The Bertz CT molecular complexity index is 556. The summed E-state index contributed by atoms with van der Waals surface area (Å²) < 4.78 is 4.88. The zero-order valence-corrected chi connectivity index (χ0v) is 9.30. The number of hydrogen-bond acceptors (Lipinski definition) is 6. The largest absolute Gasteiger partial charge is 0.461 e. The molecule has 0 fully saturated rings. The molecule has 1 heterocycles. The van der Waals surface area contributed by atoms with Crippen molar-refractivity contribution < 1.29 is 9.53 Å². The SMILES string of the molecule is CCOC(=O)c1nc2ccccc2nc1NN. The minimum atomic E-state index is -0.543. The molecule has 0 amide bonds. The summed E-state index contributed by atoms with van der Waals surface area (Å²) in [5.41, 5.74) is 3.72. The Morgan fingerprint density at radius 3 is 2.59 bits per heavy atom. The second-order valence-corrected chi connectivity index (χ2v) is 3.27. The van der Waals surface area contributed by atoms with Crippen molar-refractivity contribution in [2.24, 2.45) is 5.84 Å². The van der Waals surface area contributed by atoms with Crippen LogP contribution in [0.4, 0.5) is 5.82 Å². The molecular weight excluding hydrogens is 220 g/mol. The van der Waals surface area contributed by atoms with Crippen LogP contribution in [0.1, 0.15) is 17.4 Å². The molecule has 0 aliphatic heterocycles.